The highest BCUT2D eigenvalue weighted by molar-refractivity contribution is 5.92. The van der Waals surface area contributed by atoms with Gasteiger partial charge in [-0.05, 0) is 37.1 Å². The lowest BCUT2D eigenvalue weighted by Gasteiger charge is -2.39. The fourth-order valence-electron chi connectivity index (χ4n) is 4.37. The Balaban J connectivity index is 1.45. The number of benzene rings is 2. The van der Waals surface area contributed by atoms with Crippen molar-refractivity contribution in [3.05, 3.63) is 76.1 Å². The Bertz CT molecular complexity index is 1230. The molecule has 1 N–H and O–H groups in total. The summed E-state index contributed by atoms with van der Waals surface area (Å²) in [5, 5.41) is 3.55. The van der Waals surface area contributed by atoms with E-state index < -0.39 is 11.0 Å². The van der Waals surface area contributed by atoms with E-state index in [2.05, 4.69) is 10.2 Å². The van der Waals surface area contributed by atoms with Gasteiger partial charge in [-0.3, -0.25) is 14.5 Å². The SMILES string of the molecule is CC(=O)Nc1ccc2c(CN3CCN(C(=O)C(C)(C)c4ccccc4)CC3)cc(=O)oc2c1. The third-order valence-electron chi connectivity index (χ3n) is 6.23. The molecule has 2 aromatic carbocycles. The van der Waals surface area contributed by atoms with Crippen LogP contribution in [0, 0.1) is 0 Å². The molecule has 0 bridgehead atoms. The molecule has 7 heteroatoms. The molecule has 0 radical (unpaired) electrons. The first-order chi connectivity index (χ1) is 15.7. The highest BCUT2D eigenvalue weighted by Gasteiger charge is 2.35. The summed E-state index contributed by atoms with van der Waals surface area (Å²) in [5.41, 5.74) is 1.92. The summed E-state index contributed by atoms with van der Waals surface area (Å²) in [6, 6.07) is 16.7. The molecule has 0 atom stereocenters. The van der Waals surface area contributed by atoms with Crippen molar-refractivity contribution in [3.63, 3.8) is 0 Å². The molecule has 2 amide bonds. The number of rotatable bonds is 5. The first-order valence-electron chi connectivity index (χ1n) is 11.2. The topological polar surface area (TPSA) is 82.9 Å². The third kappa shape index (κ3) is 4.98. The second-order valence-corrected chi connectivity index (χ2v) is 9.04. The van der Waals surface area contributed by atoms with Crippen LogP contribution in [0.1, 0.15) is 31.9 Å². The average Bonchev–Trinajstić information content (AvgIpc) is 2.79. The predicted molar refractivity (Wildman–Crippen MR) is 128 cm³/mol. The summed E-state index contributed by atoms with van der Waals surface area (Å²) >= 11 is 0. The fourth-order valence-corrected chi connectivity index (χ4v) is 4.37. The standard InChI is InChI=1S/C26H29N3O4/c1-18(30)27-21-9-10-22-19(15-24(31)33-23(22)16-21)17-28-11-13-29(14-12-28)25(32)26(2,3)20-7-5-4-6-8-20/h4-10,15-16H,11-14,17H2,1-3H3,(H,27,30). The number of carbonyl (C=O) groups is 2. The Morgan fingerprint density at radius 3 is 2.36 bits per heavy atom. The maximum atomic E-state index is 13.2. The van der Waals surface area contributed by atoms with Gasteiger partial charge in [0.1, 0.15) is 5.58 Å². The van der Waals surface area contributed by atoms with E-state index in [0.29, 0.717) is 30.9 Å². The maximum absolute atomic E-state index is 13.2. The minimum Gasteiger partial charge on any atom is -0.423 e. The van der Waals surface area contributed by atoms with Crippen LogP contribution in [-0.4, -0.2) is 47.8 Å². The average molecular weight is 448 g/mol. The van der Waals surface area contributed by atoms with Gasteiger partial charge in [-0.2, -0.15) is 0 Å². The Morgan fingerprint density at radius 2 is 1.70 bits per heavy atom. The molecule has 7 nitrogen and oxygen atoms in total. The van der Waals surface area contributed by atoms with E-state index in [1.54, 1.807) is 12.1 Å². The lowest BCUT2D eigenvalue weighted by molar-refractivity contribution is -0.138. The number of fused-ring (bicyclic) bond motifs is 1. The number of hydrogen-bond donors (Lipinski definition) is 1. The van der Waals surface area contributed by atoms with Crippen LogP contribution in [0.3, 0.4) is 0 Å². The van der Waals surface area contributed by atoms with Crippen molar-refractivity contribution in [1.29, 1.82) is 0 Å². The monoisotopic (exact) mass is 447 g/mol. The second kappa shape index (κ2) is 9.19. The van der Waals surface area contributed by atoms with Gasteiger partial charge in [-0.15, -0.1) is 0 Å². The molecule has 0 unspecified atom stereocenters. The van der Waals surface area contributed by atoms with Crippen LogP contribution in [0.25, 0.3) is 11.0 Å². The Kier molecular flexibility index (Phi) is 6.33. The van der Waals surface area contributed by atoms with E-state index in [0.717, 1.165) is 29.6 Å². The number of piperazine rings is 1. The number of amides is 2. The molecule has 1 fully saturated rings. The van der Waals surface area contributed by atoms with Crippen LogP contribution in [0.2, 0.25) is 0 Å². The van der Waals surface area contributed by atoms with Crippen LogP contribution < -0.4 is 10.9 Å². The van der Waals surface area contributed by atoms with Crippen molar-refractivity contribution in [1.82, 2.24) is 9.80 Å². The molecule has 0 spiro atoms. The number of nitrogens with zero attached hydrogens (tertiary/aromatic N) is 2. The first kappa shape index (κ1) is 22.7. The maximum Gasteiger partial charge on any atom is 0.336 e. The van der Waals surface area contributed by atoms with Crippen molar-refractivity contribution >= 4 is 28.5 Å². The van der Waals surface area contributed by atoms with Gasteiger partial charge in [0, 0.05) is 62.9 Å². The van der Waals surface area contributed by atoms with Crippen LogP contribution in [0.15, 0.2) is 63.8 Å². The van der Waals surface area contributed by atoms with Gasteiger partial charge >= 0.3 is 5.63 Å². The molecule has 33 heavy (non-hydrogen) atoms. The molecule has 1 aliphatic rings. The molecule has 3 aromatic rings. The summed E-state index contributed by atoms with van der Waals surface area (Å²) in [5.74, 6) is -0.0552. The molecule has 4 rings (SSSR count). The summed E-state index contributed by atoms with van der Waals surface area (Å²) in [6.45, 7) is 8.70. The number of hydrogen-bond acceptors (Lipinski definition) is 5. The number of carbonyl (C=O) groups excluding carboxylic acids is 2. The minimum atomic E-state index is -0.580. The van der Waals surface area contributed by atoms with E-state index >= 15 is 0 Å². The van der Waals surface area contributed by atoms with Crippen LogP contribution >= 0.6 is 0 Å². The fraction of sp³-hybridized carbons (Fsp3) is 0.346. The van der Waals surface area contributed by atoms with E-state index in [-0.39, 0.29) is 11.8 Å². The van der Waals surface area contributed by atoms with Crippen molar-refractivity contribution < 1.29 is 14.0 Å². The third-order valence-corrected chi connectivity index (χ3v) is 6.23. The predicted octanol–water partition coefficient (Wildman–Crippen LogP) is 3.37. The van der Waals surface area contributed by atoms with Crippen molar-refractivity contribution in [2.24, 2.45) is 0 Å². The van der Waals surface area contributed by atoms with Crippen molar-refractivity contribution in [2.75, 3.05) is 31.5 Å². The smallest absolute Gasteiger partial charge is 0.336 e. The zero-order valence-corrected chi connectivity index (χ0v) is 19.3. The molecular weight excluding hydrogens is 418 g/mol. The van der Waals surface area contributed by atoms with Gasteiger partial charge in [-0.25, -0.2) is 4.79 Å². The van der Waals surface area contributed by atoms with Crippen molar-refractivity contribution in [3.8, 4) is 0 Å². The lowest BCUT2D eigenvalue weighted by Crippen LogP contribution is -2.52. The molecule has 0 saturated carbocycles. The molecule has 1 aliphatic heterocycles. The van der Waals surface area contributed by atoms with Crippen LogP contribution in [0.4, 0.5) is 5.69 Å². The van der Waals surface area contributed by atoms with Gasteiger partial charge in [0.05, 0.1) is 5.41 Å². The number of anilines is 1. The van der Waals surface area contributed by atoms with Gasteiger partial charge < -0.3 is 14.6 Å². The molecule has 172 valence electrons. The molecule has 1 saturated heterocycles. The largest absolute Gasteiger partial charge is 0.423 e. The van der Waals surface area contributed by atoms with E-state index in [1.165, 1.54) is 13.0 Å². The Morgan fingerprint density at radius 1 is 1.00 bits per heavy atom. The van der Waals surface area contributed by atoms with Gasteiger partial charge in [0.25, 0.3) is 0 Å². The quantitative estimate of drug-likeness (QED) is 0.607. The van der Waals surface area contributed by atoms with Crippen LogP contribution in [0.5, 0.6) is 0 Å². The van der Waals surface area contributed by atoms with Crippen molar-refractivity contribution in [2.45, 2.75) is 32.7 Å². The normalized spacial score (nSPS) is 14.9. The zero-order chi connectivity index (χ0) is 23.6. The van der Waals surface area contributed by atoms with Gasteiger partial charge in [-0.1, -0.05) is 30.3 Å². The first-order valence-corrected chi connectivity index (χ1v) is 11.2. The Hall–Kier alpha value is -3.45. The number of nitrogens with one attached hydrogen (secondary N) is 1. The Labute approximate surface area is 193 Å². The summed E-state index contributed by atoms with van der Waals surface area (Å²) in [4.78, 5) is 40.9. The highest BCUT2D eigenvalue weighted by atomic mass is 16.4. The summed E-state index contributed by atoms with van der Waals surface area (Å²) in [6.07, 6.45) is 0. The summed E-state index contributed by atoms with van der Waals surface area (Å²) < 4.78 is 5.36. The van der Waals surface area contributed by atoms with E-state index in [4.69, 9.17) is 4.42 Å². The zero-order valence-electron chi connectivity index (χ0n) is 19.3. The van der Waals surface area contributed by atoms with E-state index in [9.17, 15) is 14.4 Å². The van der Waals surface area contributed by atoms with Crippen LogP contribution in [-0.2, 0) is 21.5 Å². The summed E-state index contributed by atoms with van der Waals surface area (Å²) in [7, 11) is 0. The molecular formula is C26H29N3O4. The molecule has 2 heterocycles. The van der Waals surface area contributed by atoms with Gasteiger partial charge in [0.15, 0.2) is 0 Å². The molecule has 0 aliphatic carbocycles. The second-order valence-electron chi connectivity index (χ2n) is 9.04. The highest BCUT2D eigenvalue weighted by Crippen LogP contribution is 2.27. The minimum absolute atomic E-state index is 0.129. The van der Waals surface area contributed by atoms with Gasteiger partial charge in [0.2, 0.25) is 11.8 Å². The molecule has 1 aromatic heterocycles. The lowest BCUT2D eigenvalue weighted by atomic mass is 9.83. The van der Waals surface area contributed by atoms with E-state index in [1.807, 2.05) is 55.1 Å².